The number of fused-ring (bicyclic) bond motifs is 2. The number of nitrogens with one attached hydrogen (secondary N) is 3. The Balaban J connectivity index is 1.08. The molecule has 8 aromatic carbocycles. The smallest absolute Gasteiger partial charge is 0.427 e. The Labute approximate surface area is 299 Å². The van der Waals surface area contributed by atoms with Gasteiger partial charge < -0.3 is 25.7 Å². The highest BCUT2D eigenvalue weighted by molar-refractivity contribution is 6.80. The van der Waals surface area contributed by atoms with Crippen LogP contribution in [-0.2, 0) is 4.79 Å². The number of ketones is 1. The number of Topliss-reactive ketones (excluding diaryl/α,β-unsaturated/α-hetero) is 1. The van der Waals surface area contributed by atoms with Crippen molar-refractivity contribution < 1.29 is 9.90 Å². The SMILES string of the molecule is O=C1C(c2ccc3cccc4c3c2NB(c2ccc3ccccc3c2)N4)=C(O)/C1=c1\ccc2cccc3c2c1=NB(c1ccc2ccccc2c1)N3. The molecule has 8 heteroatoms. The van der Waals surface area contributed by atoms with Crippen LogP contribution in [0.5, 0.6) is 0 Å². The molecule has 8 aromatic rings. The highest BCUT2D eigenvalue weighted by Crippen LogP contribution is 2.45. The van der Waals surface area contributed by atoms with Crippen LogP contribution in [0, 0.1) is 0 Å². The standard InChI is InChI=1S/C44H28B2N4O2/c51-43-39(33-21-17-27-11-5-13-35-37(27)41(33)49-45(47-35)31-19-15-25-7-1-3-9-29(25)23-31)44(52)40(43)34-22-18-28-12-6-14-36-38(28)42(34)50-46(48-36)32-20-16-26-8-2-4-10-30(26)24-32/h1-24,47-49,51H/b40-34-. The number of allylic oxidation sites excluding steroid dienone is 2. The molecular weight excluding hydrogens is 638 g/mol. The van der Waals surface area contributed by atoms with Gasteiger partial charge in [0.2, 0.25) is 5.78 Å². The van der Waals surface area contributed by atoms with Gasteiger partial charge in [0.15, 0.2) is 0 Å². The topological polar surface area (TPSA) is 85.8 Å². The van der Waals surface area contributed by atoms with E-state index in [9.17, 15) is 9.90 Å². The zero-order valence-corrected chi connectivity index (χ0v) is 27.8. The second-order valence-corrected chi connectivity index (χ2v) is 13.8. The van der Waals surface area contributed by atoms with Gasteiger partial charge in [0.05, 0.1) is 16.5 Å². The van der Waals surface area contributed by atoms with Crippen LogP contribution in [-0.4, -0.2) is 24.9 Å². The van der Waals surface area contributed by atoms with Crippen LogP contribution in [0.4, 0.5) is 17.1 Å². The average molecular weight is 666 g/mol. The number of aliphatic hydroxyl groups is 1. The quantitative estimate of drug-likeness (QED) is 0.158. The number of rotatable bonds is 3. The van der Waals surface area contributed by atoms with Crippen LogP contribution in [0.3, 0.4) is 0 Å². The van der Waals surface area contributed by atoms with Crippen molar-refractivity contribution in [1.29, 1.82) is 0 Å². The van der Waals surface area contributed by atoms with Crippen LogP contribution in [0.15, 0.2) is 156 Å². The summed E-state index contributed by atoms with van der Waals surface area (Å²) < 4.78 is 0. The molecule has 0 saturated heterocycles. The summed E-state index contributed by atoms with van der Waals surface area (Å²) >= 11 is 0. The lowest BCUT2D eigenvalue weighted by Gasteiger charge is -2.31. The molecule has 242 valence electrons. The molecule has 0 amide bonds. The summed E-state index contributed by atoms with van der Waals surface area (Å²) in [5.41, 5.74) is 6.13. The van der Waals surface area contributed by atoms with E-state index in [2.05, 4.69) is 101 Å². The number of anilines is 3. The van der Waals surface area contributed by atoms with Crippen molar-refractivity contribution in [1.82, 2.24) is 0 Å². The van der Waals surface area contributed by atoms with Crippen LogP contribution >= 0.6 is 0 Å². The third-order valence-electron chi connectivity index (χ3n) is 10.9. The number of hydrogen-bond acceptors (Lipinski definition) is 6. The van der Waals surface area contributed by atoms with Gasteiger partial charge in [-0.25, -0.2) is 0 Å². The van der Waals surface area contributed by atoms with Crippen LogP contribution in [0.25, 0.3) is 54.2 Å². The summed E-state index contributed by atoms with van der Waals surface area (Å²) in [6.07, 6.45) is 0. The Hall–Kier alpha value is -6.79. The first-order valence-corrected chi connectivity index (χ1v) is 17.5. The van der Waals surface area contributed by atoms with Crippen molar-refractivity contribution in [3.8, 4) is 0 Å². The number of benzene rings is 8. The molecule has 2 aliphatic heterocycles. The molecule has 52 heavy (non-hydrogen) atoms. The van der Waals surface area contributed by atoms with E-state index in [0.29, 0.717) is 27.3 Å². The average Bonchev–Trinajstić information content (AvgIpc) is 3.19. The first-order chi connectivity index (χ1) is 25.6. The van der Waals surface area contributed by atoms with E-state index in [0.717, 1.165) is 65.7 Å². The Morgan fingerprint density at radius 1 is 0.519 bits per heavy atom. The van der Waals surface area contributed by atoms with Crippen molar-refractivity contribution in [3.05, 3.63) is 167 Å². The molecule has 0 saturated carbocycles. The van der Waals surface area contributed by atoms with Crippen LogP contribution in [0.2, 0.25) is 0 Å². The largest absolute Gasteiger partial charge is 0.506 e. The molecule has 0 unspecified atom stereocenters. The van der Waals surface area contributed by atoms with Gasteiger partial charge in [-0.15, -0.1) is 0 Å². The maximum atomic E-state index is 14.4. The van der Waals surface area contributed by atoms with E-state index in [-0.39, 0.29) is 25.5 Å². The lowest BCUT2D eigenvalue weighted by molar-refractivity contribution is -0.109. The lowest BCUT2D eigenvalue weighted by Crippen LogP contribution is -2.48. The molecule has 0 bridgehead atoms. The van der Waals surface area contributed by atoms with E-state index >= 15 is 0 Å². The van der Waals surface area contributed by atoms with Crippen molar-refractivity contribution in [2.45, 2.75) is 0 Å². The fraction of sp³-hybridized carbons (Fsp3) is 0. The third-order valence-corrected chi connectivity index (χ3v) is 10.9. The zero-order valence-electron chi connectivity index (χ0n) is 27.8. The fourth-order valence-corrected chi connectivity index (χ4v) is 8.31. The molecule has 2 heterocycles. The maximum Gasteiger partial charge on any atom is 0.427 e. The molecule has 3 aliphatic rings. The molecule has 1 aliphatic carbocycles. The third kappa shape index (κ3) is 4.21. The van der Waals surface area contributed by atoms with Crippen LogP contribution in [0.1, 0.15) is 5.56 Å². The van der Waals surface area contributed by atoms with Gasteiger partial charge in [-0.1, -0.05) is 133 Å². The molecule has 0 spiro atoms. The fourth-order valence-electron chi connectivity index (χ4n) is 8.31. The summed E-state index contributed by atoms with van der Waals surface area (Å²) in [6.45, 7) is -0.607. The Morgan fingerprint density at radius 2 is 1.12 bits per heavy atom. The Morgan fingerprint density at radius 3 is 1.85 bits per heavy atom. The second kappa shape index (κ2) is 10.9. The molecule has 0 atom stereocenters. The number of aliphatic hydroxyl groups excluding tert-OH is 1. The minimum Gasteiger partial charge on any atom is -0.506 e. The first-order valence-electron chi connectivity index (χ1n) is 17.5. The Kier molecular flexibility index (Phi) is 6.05. The molecule has 6 nitrogen and oxygen atoms in total. The molecule has 0 fully saturated rings. The minimum absolute atomic E-state index is 0.00950. The first kappa shape index (κ1) is 29.0. The van der Waals surface area contributed by atoms with Gasteiger partial charge in [0, 0.05) is 38.6 Å². The van der Waals surface area contributed by atoms with Crippen molar-refractivity contribution in [2.24, 2.45) is 4.90 Å². The van der Waals surface area contributed by atoms with E-state index in [1.807, 2.05) is 60.7 Å². The van der Waals surface area contributed by atoms with E-state index < -0.39 is 0 Å². The summed E-state index contributed by atoms with van der Waals surface area (Å²) in [6, 6.07) is 49.6. The zero-order chi connectivity index (χ0) is 34.5. The van der Waals surface area contributed by atoms with Gasteiger partial charge >= 0.3 is 14.0 Å². The predicted octanol–water partition coefficient (Wildman–Crippen LogP) is 6.68. The number of carbonyl (C=O) groups excluding carboxylic acids is 1. The van der Waals surface area contributed by atoms with Gasteiger partial charge in [-0.2, -0.15) is 0 Å². The molecule has 11 rings (SSSR count). The molecular formula is C44H28B2N4O2. The lowest BCUT2D eigenvalue weighted by atomic mass is 9.65. The van der Waals surface area contributed by atoms with Gasteiger partial charge in [-0.3, -0.25) is 4.79 Å². The summed E-state index contributed by atoms with van der Waals surface area (Å²) in [5, 5.41) is 32.9. The van der Waals surface area contributed by atoms with Gasteiger partial charge in [0.1, 0.15) is 5.76 Å². The summed E-state index contributed by atoms with van der Waals surface area (Å²) in [7, 11) is 0. The van der Waals surface area contributed by atoms with Gasteiger partial charge in [0.25, 0.3) is 0 Å². The highest BCUT2D eigenvalue weighted by Gasteiger charge is 2.39. The molecule has 0 radical (unpaired) electrons. The number of carbonyl (C=O) groups is 1. The molecule has 4 N–H and O–H groups in total. The number of hydrogen-bond donors (Lipinski definition) is 4. The summed E-state index contributed by atoms with van der Waals surface area (Å²) in [4.78, 5) is 19.7. The normalized spacial score (nSPS) is 15.7. The van der Waals surface area contributed by atoms with Crippen LogP contribution < -0.4 is 37.2 Å². The van der Waals surface area contributed by atoms with Gasteiger partial charge in [-0.05, 0) is 55.4 Å². The monoisotopic (exact) mass is 666 g/mol. The number of nitrogens with zero attached hydrogens (tertiary/aromatic N) is 1. The van der Waals surface area contributed by atoms with Crippen molar-refractivity contribution in [3.63, 3.8) is 0 Å². The minimum atomic E-state index is -0.364. The Bertz CT molecular complexity index is 3070. The predicted molar refractivity (Wildman–Crippen MR) is 216 cm³/mol. The maximum absolute atomic E-state index is 14.4. The van der Waals surface area contributed by atoms with E-state index in [1.54, 1.807) is 0 Å². The van der Waals surface area contributed by atoms with E-state index in [4.69, 9.17) is 4.90 Å². The second-order valence-electron chi connectivity index (χ2n) is 13.8. The van der Waals surface area contributed by atoms with Crippen molar-refractivity contribution in [2.75, 3.05) is 15.7 Å². The summed E-state index contributed by atoms with van der Waals surface area (Å²) in [5.74, 6) is -0.207. The highest BCUT2D eigenvalue weighted by atomic mass is 16.3. The van der Waals surface area contributed by atoms with E-state index in [1.165, 1.54) is 5.39 Å². The molecule has 0 aromatic heterocycles. The van der Waals surface area contributed by atoms with Crippen molar-refractivity contribution >= 4 is 102 Å².